The summed E-state index contributed by atoms with van der Waals surface area (Å²) in [6.07, 6.45) is 0. The van der Waals surface area contributed by atoms with E-state index in [4.69, 9.17) is 16.9 Å². The van der Waals surface area contributed by atoms with Crippen LogP contribution in [0.15, 0.2) is 35.4 Å². The van der Waals surface area contributed by atoms with Crippen LogP contribution in [0.25, 0.3) is 11.4 Å². The molecule has 1 heterocycles. The fourth-order valence-corrected chi connectivity index (χ4v) is 2.28. The summed E-state index contributed by atoms with van der Waals surface area (Å²) in [5.41, 5.74) is 1.76. The van der Waals surface area contributed by atoms with Gasteiger partial charge in [-0.15, -0.1) is 0 Å². The predicted molar refractivity (Wildman–Crippen MR) is 73.6 cm³/mol. The van der Waals surface area contributed by atoms with E-state index in [9.17, 15) is 0 Å². The van der Waals surface area contributed by atoms with Crippen molar-refractivity contribution < 1.29 is 0 Å². The van der Waals surface area contributed by atoms with Crippen LogP contribution in [0.2, 0.25) is 5.02 Å². The van der Waals surface area contributed by atoms with Gasteiger partial charge in [0.25, 0.3) is 0 Å². The Balaban J connectivity index is 2.39. The molecule has 2 rings (SSSR count). The molecule has 0 unspecified atom stereocenters. The molecule has 0 bridgehead atoms. The molecule has 18 heavy (non-hydrogen) atoms. The highest BCUT2D eigenvalue weighted by atomic mass is 35.5. The lowest BCUT2D eigenvalue weighted by Crippen LogP contribution is -1.94. The standard InChI is InChI=1S/C13H10ClN3S/c1-9-7-12(18-6-5-15)17-13(16-9)10-3-2-4-11(14)8-10/h2-4,7-8H,6H2,1H3. The number of benzene rings is 1. The van der Waals surface area contributed by atoms with Gasteiger partial charge in [-0.2, -0.15) is 5.26 Å². The maximum atomic E-state index is 8.59. The first-order chi connectivity index (χ1) is 8.69. The molecular weight excluding hydrogens is 266 g/mol. The number of aryl methyl sites for hydroxylation is 1. The Labute approximate surface area is 115 Å². The normalized spacial score (nSPS) is 10.1. The minimum atomic E-state index is 0.380. The molecule has 0 fully saturated rings. The van der Waals surface area contributed by atoms with Gasteiger partial charge in [-0.25, -0.2) is 9.97 Å². The first-order valence-corrected chi connectivity index (χ1v) is 6.67. The van der Waals surface area contributed by atoms with E-state index >= 15 is 0 Å². The summed E-state index contributed by atoms with van der Waals surface area (Å²) in [5.74, 6) is 1.02. The van der Waals surface area contributed by atoms with Crippen molar-refractivity contribution in [1.82, 2.24) is 9.97 Å². The first-order valence-electron chi connectivity index (χ1n) is 5.30. The van der Waals surface area contributed by atoms with Crippen LogP contribution < -0.4 is 0 Å². The van der Waals surface area contributed by atoms with Gasteiger partial charge < -0.3 is 0 Å². The van der Waals surface area contributed by atoms with Crippen LogP contribution >= 0.6 is 23.4 Å². The van der Waals surface area contributed by atoms with E-state index in [0.29, 0.717) is 16.6 Å². The van der Waals surface area contributed by atoms with Crippen molar-refractivity contribution in [2.45, 2.75) is 11.9 Å². The maximum Gasteiger partial charge on any atom is 0.160 e. The molecule has 0 radical (unpaired) electrons. The molecule has 2 aromatic rings. The van der Waals surface area contributed by atoms with E-state index in [2.05, 4.69) is 16.0 Å². The fraction of sp³-hybridized carbons (Fsp3) is 0.154. The lowest BCUT2D eigenvalue weighted by molar-refractivity contribution is 1.02. The van der Waals surface area contributed by atoms with Crippen molar-refractivity contribution in [1.29, 1.82) is 5.26 Å². The summed E-state index contributed by atoms with van der Waals surface area (Å²) >= 11 is 7.36. The van der Waals surface area contributed by atoms with E-state index in [-0.39, 0.29) is 0 Å². The van der Waals surface area contributed by atoms with Crippen molar-refractivity contribution in [3.63, 3.8) is 0 Å². The van der Waals surface area contributed by atoms with Gasteiger partial charge in [0, 0.05) is 16.3 Å². The zero-order chi connectivity index (χ0) is 13.0. The average molecular weight is 276 g/mol. The van der Waals surface area contributed by atoms with Crippen LogP contribution in [0, 0.1) is 18.3 Å². The topological polar surface area (TPSA) is 49.6 Å². The summed E-state index contributed by atoms with van der Waals surface area (Å²) in [6.45, 7) is 1.91. The number of nitrogens with zero attached hydrogens (tertiary/aromatic N) is 3. The Hall–Kier alpha value is -1.57. The molecule has 5 heteroatoms. The maximum absolute atomic E-state index is 8.59. The van der Waals surface area contributed by atoms with Crippen molar-refractivity contribution in [2.75, 3.05) is 5.75 Å². The number of hydrogen-bond donors (Lipinski definition) is 0. The third-order valence-corrected chi connectivity index (χ3v) is 3.21. The van der Waals surface area contributed by atoms with Gasteiger partial charge in [-0.05, 0) is 25.1 Å². The molecule has 0 saturated heterocycles. The van der Waals surface area contributed by atoms with E-state index < -0.39 is 0 Å². The molecule has 0 N–H and O–H groups in total. The Kier molecular flexibility index (Phi) is 4.19. The van der Waals surface area contributed by atoms with Crippen LogP contribution in [0.3, 0.4) is 0 Å². The number of thioether (sulfide) groups is 1. The molecule has 0 aliphatic rings. The Morgan fingerprint density at radius 1 is 1.33 bits per heavy atom. The summed E-state index contributed by atoms with van der Waals surface area (Å²) < 4.78 is 0. The molecule has 3 nitrogen and oxygen atoms in total. The van der Waals surface area contributed by atoms with Gasteiger partial charge in [0.05, 0.1) is 11.8 Å². The van der Waals surface area contributed by atoms with E-state index in [1.807, 2.05) is 37.3 Å². The highest BCUT2D eigenvalue weighted by Crippen LogP contribution is 2.23. The molecule has 0 amide bonds. The van der Waals surface area contributed by atoms with Crippen molar-refractivity contribution in [3.8, 4) is 17.5 Å². The second-order valence-electron chi connectivity index (χ2n) is 3.63. The molecule has 1 aromatic carbocycles. The van der Waals surface area contributed by atoms with Gasteiger partial charge in [-0.3, -0.25) is 0 Å². The van der Waals surface area contributed by atoms with Gasteiger partial charge >= 0.3 is 0 Å². The van der Waals surface area contributed by atoms with Crippen molar-refractivity contribution in [3.05, 3.63) is 41.0 Å². The van der Waals surface area contributed by atoms with Crippen LogP contribution in [0.1, 0.15) is 5.69 Å². The second-order valence-corrected chi connectivity index (χ2v) is 5.06. The number of hydrogen-bond acceptors (Lipinski definition) is 4. The number of rotatable bonds is 3. The van der Waals surface area contributed by atoms with Gasteiger partial charge in [0.1, 0.15) is 5.03 Å². The molecule has 0 saturated carbocycles. The summed E-state index contributed by atoms with van der Waals surface area (Å²) in [7, 11) is 0. The first kappa shape index (κ1) is 12.9. The molecule has 0 atom stereocenters. The zero-order valence-corrected chi connectivity index (χ0v) is 11.3. The average Bonchev–Trinajstić information content (AvgIpc) is 2.36. The number of nitriles is 1. The van der Waals surface area contributed by atoms with Gasteiger partial charge in [0.2, 0.25) is 0 Å². The van der Waals surface area contributed by atoms with Gasteiger partial charge in [0.15, 0.2) is 5.82 Å². The highest BCUT2D eigenvalue weighted by Gasteiger charge is 2.06. The number of aromatic nitrogens is 2. The number of halogens is 1. The smallest absolute Gasteiger partial charge is 0.160 e. The van der Waals surface area contributed by atoms with Crippen LogP contribution in [0.4, 0.5) is 0 Å². The van der Waals surface area contributed by atoms with E-state index in [1.165, 1.54) is 11.8 Å². The van der Waals surface area contributed by atoms with Crippen LogP contribution in [-0.4, -0.2) is 15.7 Å². The summed E-state index contributed by atoms with van der Waals surface area (Å²) in [4.78, 5) is 8.81. The Morgan fingerprint density at radius 2 is 2.17 bits per heavy atom. The minimum Gasteiger partial charge on any atom is -0.233 e. The fourth-order valence-electron chi connectivity index (χ4n) is 1.48. The molecule has 0 spiro atoms. The Morgan fingerprint density at radius 3 is 2.89 bits per heavy atom. The zero-order valence-electron chi connectivity index (χ0n) is 9.72. The quantitative estimate of drug-likeness (QED) is 0.633. The van der Waals surface area contributed by atoms with E-state index in [0.717, 1.165) is 16.3 Å². The third-order valence-electron chi connectivity index (χ3n) is 2.20. The van der Waals surface area contributed by atoms with Crippen molar-refractivity contribution >= 4 is 23.4 Å². The van der Waals surface area contributed by atoms with Crippen molar-refractivity contribution in [2.24, 2.45) is 0 Å². The Bertz CT molecular complexity index is 607. The second kappa shape index (κ2) is 5.85. The minimum absolute atomic E-state index is 0.380. The lowest BCUT2D eigenvalue weighted by Gasteiger charge is -2.05. The van der Waals surface area contributed by atoms with E-state index in [1.54, 1.807) is 0 Å². The molecule has 0 aliphatic heterocycles. The molecular formula is C13H10ClN3S. The SMILES string of the molecule is Cc1cc(SCC#N)nc(-c2cccc(Cl)c2)n1. The summed E-state index contributed by atoms with van der Waals surface area (Å²) in [6, 6.07) is 11.4. The highest BCUT2D eigenvalue weighted by molar-refractivity contribution is 7.99. The largest absolute Gasteiger partial charge is 0.233 e. The molecule has 90 valence electrons. The summed E-state index contributed by atoms with van der Waals surface area (Å²) in [5, 5.41) is 10.0. The molecule has 0 aliphatic carbocycles. The lowest BCUT2D eigenvalue weighted by atomic mass is 10.2. The van der Waals surface area contributed by atoms with Crippen LogP contribution in [-0.2, 0) is 0 Å². The van der Waals surface area contributed by atoms with Gasteiger partial charge in [-0.1, -0.05) is 35.5 Å². The third kappa shape index (κ3) is 3.22. The monoisotopic (exact) mass is 275 g/mol. The predicted octanol–water partition coefficient (Wildman–Crippen LogP) is 3.72. The molecule has 1 aromatic heterocycles. The van der Waals surface area contributed by atoms with Crippen LogP contribution in [0.5, 0.6) is 0 Å².